The van der Waals surface area contributed by atoms with Crippen LogP contribution < -0.4 is 5.32 Å². The van der Waals surface area contributed by atoms with Crippen LogP contribution in [0.1, 0.15) is 16.7 Å². The van der Waals surface area contributed by atoms with E-state index in [2.05, 4.69) is 29.3 Å². The van der Waals surface area contributed by atoms with Crippen molar-refractivity contribution in [3.8, 4) is 0 Å². The molecular formula is C26H25F2N2. The van der Waals surface area contributed by atoms with Crippen LogP contribution in [0.5, 0.6) is 0 Å². The summed E-state index contributed by atoms with van der Waals surface area (Å²) in [4.78, 5) is 2.38. The summed E-state index contributed by atoms with van der Waals surface area (Å²) in [6, 6.07) is 23.3. The highest BCUT2D eigenvalue weighted by Gasteiger charge is 2.44. The molecule has 30 heavy (non-hydrogen) atoms. The minimum absolute atomic E-state index is 0.285. The molecule has 1 fully saturated rings. The summed E-state index contributed by atoms with van der Waals surface area (Å²) < 4.78 is 27.8. The number of piperazine rings is 1. The lowest BCUT2D eigenvalue weighted by Crippen LogP contribution is -2.55. The second kappa shape index (κ2) is 8.90. The van der Waals surface area contributed by atoms with Crippen molar-refractivity contribution in [2.75, 3.05) is 26.2 Å². The summed E-state index contributed by atoms with van der Waals surface area (Å²) in [5.41, 5.74) is 3.14. The molecule has 2 nitrogen and oxygen atoms in total. The zero-order valence-electron chi connectivity index (χ0n) is 16.8. The Morgan fingerprint density at radius 3 is 1.77 bits per heavy atom. The standard InChI is InChI=1S/C26H25F2N2/c1-2-25(20-6-4-3-5-7-20)26(30-18-16-29-17-19-30,21-8-12-23(27)13-9-21)22-10-14-24(28)15-11-22/h2-15,29H,1,16-19H2. The van der Waals surface area contributed by atoms with Gasteiger partial charge in [-0.05, 0) is 53.5 Å². The van der Waals surface area contributed by atoms with Crippen molar-refractivity contribution in [2.45, 2.75) is 5.54 Å². The number of nitrogens with zero attached hydrogens (tertiary/aromatic N) is 1. The number of rotatable bonds is 5. The zero-order valence-corrected chi connectivity index (χ0v) is 16.8. The fourth-order valence-electron chi connectivity index (χ4n) is 4.49. The molecule has 1 saturated heterocycles. The van der Waals surface area contributed by atoms with Gasteiger partial charge in [-0.3, -0.25) is 4.90 Å². The van der Waals surface area contributed by atoms with E-state index in [1.165, 1.54) is 24.3 Å². The third kappa shape index (κ3) is 3.69. The Balaban J connectivity index is 2.04. The van der Waals surface area contributed by atoms with E-state index >= 15 is 0 Å². The lowest BCUT2D eigenvalue weighted by atomic mass is 9.72. The molecule has 1 aliphatic rings. The van der Waals surface area contributed by atoms with E-state index in [1.807, 2.05) is 48.5 Å². The Bertz CT molecular complexity index is 944. The first-order valence-electron chi connectivity index (χ1n) is 10.2. The highest BCUT2D eigenvalue weighted by molar-refractivity contribution is 5.79. The fraction of sp³-hybridized carbons (Fsp3) is 0.192. The lowest BCUT2D eigenvalue weighted by molar-refractivity contribution is 0.150. The molecule has 0 aromatic heterocycles. The zero-order chi connectivity index (χ0) is 21.0. The number of halogens is 2. The van der Waals surface area contributed by atoms with Crippen molar-refractivity contribution in [1.29, 1.82) is 0 Å². The number of benzene rings is 3. The Labute approximate surface area is 176 Å². The summed E-state index contributed by atoms with van der Waals surface area (Å²) in [6.07, 6.45) is 1.88. The van der Waals surface area contributed by atoms with Gasteiger partial charge in [0.05, 0.1) is 5.54 Å². The molecule has 0 atom stereocenters. The number of nitrogens with one attached hydrogen (secondary N) is 1. The van der Waals surface area contributed by atoms with Gasteiger partial charge < -0.3 is 5.32 Å². The van der Waals surface area contributed by atoms with Gasteiger partial charge in [0.1, 0.15) is 11.6 Å². The molecule has 3 aromatic carbocycles. The van der Waals surface area contributed by atoms with Crippen molar-refractivity contribution in [1.82, 2.24) is 10.2 Å². The highest BCUT2D eigenvalue weighted by atomic mass is 19.1. The summed E-state index contributed by atoms with van der Waals surface area (Å²) in [5.74, 6) is -0.570. The topological polar surface area (TPSA) is 15.3 Å². The second-order valence-electron chi connectivity index (χ2n) is 7.45. The van der Waals surface area contributed by atoms with Gasteiger partial charge in [0.2, 0.25) is 0 Å². The first-order chi connectivity index (χ1) is 14.7. The van der Waals surface area contributed by atoms with Gasteiger partial charge >= 0.3 is 0 Å². The van der Waals surface area contributed by atoms with Crippen LogP contribution in [0, 0.1) is 18.6 Å². The molecule has 1 heterocycles. The summed E-state index contributed by atoms with van der Waals surface area (Å²) in [6.45, 7) is 7.41. The molecule has 0 saturated carbocycles. The molecule has 1 N–H and O–H groups in total. The van der Waals surface area contributed by atoms with Crippen molar-refractivity contribution in [2.24, 2.45) is 0 Å². The van der Waals surface area contributed by atoms with Crippen LogP contribution in [0.15, 0.2) is 84.9 Å². The van der Waals surface area contributed by atoms with E-state index in [9.17, 15) is 8.78 Å². The van der Waals surface area contributed by atoms with E-state index in [1.54, 1.807) is 0 Å². The van der Waals surface area contributed by atoms with Gasteiger partial charge in [0, 0.05) is 26.2 Å². The Morgan fingerprint density at radius 1 is 0.800 bits per heavy atom. The van der Waals surface area contributed by atoms with Crippen molar-refractivity contribution in [3.05, 3.63) is 120 Å². The predicted octanol–water partition coefficient (Wildman–Crippen LogP) is 5.03. The van der Waals surface area contributed by atoms with Gasteiger partial charge in [-0.15, -0.1) is 0 Å². The maximum Gasteiger partial charge on any atom is 0.123 e. The molecule has 0 unspecified atom stereocenters. The SMILES string of the molecule is [CH2]C=C(c1ccccc1)C(c1ccc(F)cc1)(c1ccc(F)cc1)N1CCNCC1. The quantitative estimate of drug-likeness (QED) is 0.643. The molecule has 3 aromatic rings. The van der Waals surface area contributed by atoms with Crippen molar-refractivity contribution < 1.29 is 8.78 Å². The van der Waals surface area contributed by atoms with Crippen molar-refractivity contribution >= 4 is 5.57 Å². The molecule has 1 aliphatic heterocycles. The summed E-state index contributed by atoms with van der Waals surface area (Å²) in [7, 11) is 0. The molecule has 1 radical (unpaired) electrons. The van der Waals surface area contributed by atoms with Gasteiger partial charge in [0.25, 0.3) is 0 Å². The Morgan fingerprint density at radius 2 is 1.30 bits per heavy atom. The van der Waals surface area contributed by atoms with Gasteiger partial charge in [-0.1, -0.05) is 60.7 Å². The van der Waals surface area contributed by atoms with Gasteiger partial charge in [-0.2, -0.15) is 0 Å². The van der Waals surface area contributed by atoms with E-state index in [-0.39, 0.29) is 11.6 Å². The van der Waals surface area contributed by atoms with E-state index in [4.69, 9.17) is 0 Å². The smallest absolute Gasteiger partial charge is 0.123 e. The second-order valence-corrected chi connectivity index (χ2v) is 7.45. The number of allylic oxidation sites excluding steroid dienone is 1. The van der Waals surface area contributed by atoms with Crippen LogP contribution in [0.3, 0.4) is 0 Å². The molecule has 0 bridgehead atoms. The van der Waals surface area contributed by atoms with Crippen molar-refractivity contribution in [3.63, 3.8) is 0 Å². The Hall–Kier alpha value is -2.82. The van der Waals surface area contributed by atoms with Crippen LogP contribution >= 0.6 is 0 Å². The van der Waals surface area contributed by atoms with Crippen LogP contribution in [0.2, 0.25) is 0 Å². The third-order valence-corrected chi connectivity index (χ3v) is 5.79. The Kier molecular flexibility index (Phi) is 6.07. The van der Waals surface area contributed by atoms with Gasteiger partial charge in [-0.25, -0.2) is 8.78 Å². The van der Waals surface area contributed by atoms with Crippen LogP contribution in [-0.2, 0) is 5.54 Å². The van der Waals surface area contributed by atoms with Gasteiger partial charge in [0.15, 0.2) is 0 Å². The largest absolute Gasteiger partial charge is 0.314 e. The fourth-order valence-corrected chi connectivity index (χ4v) is 4.49. The molecule has 0 amide bonds. The third-order valence-electron chi connectivity index (χ3n) is 5.79. The lowest BCUT2D eigenvalue weighted by Gasteiger charge is -2.48. The molecule has 0 aliphatic carbocycles. The minimum atomic E-state index is -0.730. The number of hydrogen-bond donors (Lipinski definition) is 1. The average Bonchev–Trinajstić information content (AvgIpc) is 2.80. The van der Waals surface area contributed by atoms with E-state index < -0.39 is 5.54 Å². The minimum Gasteiger partial charge on any atom is -0.314 e. The molecule has 4 heteroatoms. The molecular weight excluding hydrogens is 378 g/mol. The van der Waals surface area contributed by atoms with Crippen LogP contribution in [0.25, 0.3) is 5.57 Å². The maximum atomic E-state index is 13.9. The maximum absolute atomic E-state index is 13.9. The molecule has 0 spiro atoms. The summed E-state index contributed by atoms with van der Waals surface area (Å²) >= 11 is 0. The average molecular weight is 403 g/mol. The molecule has 153 valence electrons. The highest BCUT2D eigenvalue weighted by Crippen LogP contribution is 2.47. The normalized spacial score (nSPS) is 15.9. The van der Waals surface area contributed by atoms with Crippen LogP contribution in [0.4, 0.5) is 8.78 Å². The first kappa shape index (κ1) is 20.5. The number of hydrogen-bond acceptors (Lipinski definition) is 2. The van der Waals surface area contributed by atoms with E-state index in [0.717, 1.165) is 48.4 Å². The van der Waals surface area contributed by atoms with E-state index in [0.29, 0.717) is 0 Å². The molecule has 4 rings (SSSR count). The summed E-state index contributed by atoms with van der Waals surface area (Å²) in [5, 5.41) is 3.41. The first-order valence-corrected chi connectivity index (χ1v) is 10.2. The monoisotopic (exact) mass is 403 g/mol. The predicted molar refractivity (Wildman–Crippen MR) is 118 cm³/mol. The van der Waals surface area contributed by atoms with Crippen LogP contribution in [-0.4, -0.2) is 31.1 Å².